The number of likely N-dealkylation sites (tertiary alicyclic amines) is 1. The van der Waals surface area contributed by atoms with Crippen LogP contribution in [-0.4, -0.2) is 63.1 Å². The predicted octanol–water partition coefficient (Wildman–Crippen LogP) is 2.39. The van der Waals surface area contributed by atoms with Gasteiger partial charge in [0.25, 0.3) is 0 Å². The second-order valence-electron chi connectivity index (χ2n) is 9.50. The van der Waals surface area contributed by atoms with E-state index in [-0.39, 0.29) is 12.0 Å². The second-order valence-corrected chi connectivity index (χ2v) is 9.50. The summed E-state index contributed by atoms with van der Waals surface area (Å²) in [5, 5.41) is 8.06. The number of nitrogens with one attached hydrogen (secondary N) is 1. The van der Waals surface area contributed by atoms with E-state index in [4.69, 9.17) is 4.98 Å². The number of carbonyl (C=O) groups is 1. The summed E-state index contributed by atoms with van der Waals surface area (Å²) in [5.41, 5.74) is 4.51. The Morgan fingerprint density at radius 3 is 2.85 bits per heavy atom. The van der Waals surface area contributed by atoms with Crippen LogP contribution < -0.4 is 10.2 Å². The number of carbonyl (C=O) groups excluding carboxylic acids is 1. The number of fused-ring (bicyclic) bond motifs is 2. The van der Waals surface area contributed by atoms with Crippen LogP contribution in [0.3, 0.4) is 0 Å². The van der Waals surface area contributed by atoms with Gasteiger partial charge in [-0.25, -0.2) is 4.98 Å². The smallest absolute Gasteiger partial charge is 0.229 e. The molecule has 0 aliphatic carbocycles. The van der Waals surface area contributed by atoms with Gasteiger partial charge < -0.3 is 15.1 Å². The van der Waals surface area contributed by atoms with Gasteiger partial charge in [0, 0.05) is 56.6 Å². The first-order valence-corrected chi connectivity index (χ1v) is 12.3. The molecular formula is C25H31N7O. The Hall–Kier alpha value is -3.00. The summed E-state index contributed by atoms with van der Waals surface area (Å²) in [6, 6.07) is 6.21. The summed E-state index contributed by atoms with van der Waals surface area (Å²) < 4.78 is 1.97. The number of amides is 1. The van der Waals surface area contributed by atoms with Crippen molar-refractivity contribution in [3.05, 3.63) is 53.6 Å². The monoisotopic (exact) mass is 445 g/mol. The largest absolute Gasteiger partial charge is 0.354 e. The number of anilines is 1. The van der Waals surface area contributed by atoms with Crippen LogP contribution in [0, 0.1) is 5.92 Å². The average Bonchev–Trinajstić information content (AvgIpc) is 2.99. The van der Waals surface area contributed by atoms with Crippen molar-refractivity contribution in [3.8, 4) is 0 Å². The maximum Gasteiger partial charge on any atom is 0.229 e. The summed E-state index contributed by atoms with van der Waals surface area (Å²) in [6.45, 7) is 4.23. The molecule has 33 heavy (non-hydrogen) atoms. The molecule has 0 aromatic carbocycles. The van der Waals surface area contributed by atoms with Gasteiger partial charge in [-0.1, -0.05) is 18.9 Å². The van der Waals surface area contributed by atoms with Crippen LogP contribution in [0.2, 0.25) is 0 Å². The molecule has 8 heteroatoms. The first-order chi connectivity index (χ1) is 16.3. The van der Waals surface area contributed by atoms with Crippen molar-refractivity contribution >= 4 is 17.4 Å². The highest BCUT2D eigenvalue weighted by Crippen LogP contribution is 2.35. The van der Waals surface area contributed by atoms with E-state index in [1.165, 1.54) is 17.7 Å². The molecule has 6 heterocycles. The van der Waals surface area contributed by atoms with Crippen molar-refractivity contribution in [2.75, 3.05) is 37.6 Å². The van der Waals surface area contributed by atoms with Crippen LogP contribution >= 0.6 is 0 Å². The normalized spacial score (nSPS) is 21.9. The summed E-state index contributed by atoms with van der Waals surface area (Å²) in [6.07, 6.45) is 11.9. The SMILES string of the molecule is O=C(C1CN(c2c3c(nc4ccnn24)CCNCC3)C1)N1CCCCCC1c1cccnc1. The van der Waals surface area contributed by atoms with Gasteiger partial charge in [-0.05, 0) is 37.4 Å². The molecule has 3 aliphatic rings. The van der Waals surface area contributed by atoms with E-state index >= 15 is 0 Å². The molecule has 1 amide bonds. The van der Waals surface area contributed by atoms with Gasteiger partial charge >= 0.3 is 0 Å². The van der Waals surface area contributed by atoms with Gasteiger partial charge in [-0.15, -0.1) is 0 Å². The zero-order valence-electron chi connectivity index (χ0n) is 19.0. The van der Waals surface area contributed by atoms with Crippen molar-refractivity contribution in [2.24, 2.45) is 5.92 Å². The number of nitrogens with zero attached hydrogens (tertiary/aromatic N) is 6. The first kappa shape index (κ1) is 20.6. The summed E-state index contributed by atoms with van der Waals surface area (Å²) >= 11 is 0. The second kappa shape index (κ2) is 8.74. The van der Waals surface area contributed by atoms with E-state index in [0.29, 0.717) is 5.91 Å². The van der Waals surface area contributed by atoms with Crippen molar-refractivity contribution < 1.29 is 4.79 Å². The Labute approximate surface area is 194 Å². The standard InChI is InChI=1S/C25H31N7O/c33-25(31-14-3-1-2-6-22(31)18-5-4-10-27-15-18)19-16-30(17-19)24-20-7-11-26-12-8-21(20)29-23-9-13-28-32(23)24/h4-5,9-10,13,15,19,22,26H,1-3,6-8,11-12,14,16-17H2. The van der Waals surface area contributed by atoms with Gasteiger partial charge in [0.05, 0.1) is 23.9 Å². The molecule has 172 valence electrons. The van der Waals surface area contributed by atoms with E-state index < -0.39 is 0 Å². The van der Waals surface area contributed by atoms with E-state index in [1.54, 1.807) is 6.20 Å². The highest BCUT2D eigenvalue weighted by Gasteiger charge is 2.40. The zero-order chi connectivity index (χ0) is 22.2. The van der Waals surface area contributed by atoms with Gasteiger partial charge in [0.2, 0.25) is 5.91 Å². The highest BCUT2D eigenvalue weighted by atomic mass is 16.2. The van der Waals surface area contributed by atoms with Crippen molar-refractivity contribution in [1.82, 2.24) is 29.8 Å². The van der Waals surface area contributed by atoms with Gasteiger partial charge in [0.15, 0.2) is 5.65 Å². The fourth-order valence-electron chi connectivity index (χ4n) is 5.67. The molecular weight excluding hydrogens is 414 g/mol. The van der Waals surface area contributed by atoms with Crippen LogP contribution in [0.25, 0.3) is 5.65 Å². The number of hydrogen-bond donors (Lipinski definition) is 1. The summed E-state index contributed by atoms with van der Waals surface area (Å²) in [7, 11) is 0. The maximum absolute atomic E-state index is 13.7. The minimum Gasteiger partial charge on any atom is -0.354 e. The molecule has 1 atom stereocenters. The lowest BCUT2D eigenvalue weighted by molar-refractivity contribution is -0.138. The molecule has 1 N–H and O–H groups in total. The topological polar surface area (TPSA) is 78.7 Å². The fourth-order valence-corrected chi connectivity index (χ4v) is 5.67. The first-order valence-electron chi connectivity index (χ1n) is 12.3. The number of aromatic nitrogens is 4. The molecule has 8 nitrogen and oxygen atoms in total. The lowest BCUT2D eigenvalue weighted by Gasteiger charge is -2.44. The Morgan fingerprint density at radius 2 is 1.97 bits per heavy atom. The molecule has 2 saturated heterocycles. The third kappa shape index (κ3) is 3.76. The molecule has 0 radical (unpaired) electrons. The minimum absolute atomic E-state index is 0.0283. The van der Waals surface area contributed by atoms with Crippen LogP contribution in [0.5, 0.6) is 0 Å². The fraction of sp³-hybridized carbons (Fsp3) is 0.520. The number of hydrogen-bond acceptors (Lipinski definition) is 6. The third-order valence-corrected chi connectivity index (χ3v) is 7.42. The van der Waals surface area contributed by atoms with Crippen LogP contribution in [0.4, 0.5) is 5.82 Å². The zero-order valence-corrected chi connectivity index (χ0v) is 19.0. The van der Waals surface area contributed by atoms with Crippen LogP contribution in [0.15, 0.2) is 36.8 Å². The molecule has 3 aliphatic heterocycles. The van der Waals surface area contributed by atoms with Gasteiger partial charge in [-0.3, -0.25) is 9.78 Å². The number of pyridine rings is 1. The summed E-state index contributed by atoms with van der Waals surface area (Å²) in [4.78, 5) is 27.4. The van der Waals surface area contributed by atoms with E-state index in [9.17, 15) is 4.79 Å². The molecule has 2 fully saturated rings. The Balaban J connectivity index is 1.25. The quantitative estimate of drug-likeness (QED) is 0.667. The van der Waals surface area contributed by atoms with E-state index in [0.717, 1.165) is 81.9 Å². The molecule has 6 rings (SSSR count). The molecule has 0 saturated carbocycles. The molecule has 1 unspecified atom stereocenters. The van der Waals surface area contributed by atoms with E-state index in [2.05, 4.69) is 31.3 Å². The van der Waals surface area contributed by atoms with Crippen molar-refractivity contribution in [3.63, 3.8) is 0 Å². The minimum atomic E-state index is 0.0283. The molecule has 0 spiro atoms. The highest BCUT2D eigenvalue weighted by molar-refractivity contribution is 5.83. The Morgan fingerprint density at radius 1 is 1.06 bits per heavy atom. The van der Waals surface area contributed by atoms with Crippen molar-refractivity contribution in [1.29, 1.82) is 0 Å². The lowest BCUT2D eigenvalue weighted by atomic mass is 9.94. The van der Waals surface area contributed by atoms with Crippen molar-refractivity contribution in [2.45, 2.75) is 44.6 Å². The molecule has 3 aromatic heterocycles. The average molecular weight is 446 g/mol. The van der Waals surface area contributed by atoms with Crippen LogP contribution in [-0.2, 0) is 17.6 Å². The summed E-state index contributed by atoms with van der Waals surface area (Å²) in [5.74, 6) is 1.45. The Kier molecular flexibility index (Phi) is 5.46. The van der Waals surface area contributed by atoms with Gasteiger partial charge in [0.1, 0.15) is 5.82 Å². The Bertz CT molecular complexity index is 1140. The van der Waals surface area contributed by atoms with E-state index in [1.807, 2.05) is 29.0 Å². The number of rotatable bonds is 3. The van der Waals surface area contributed by atoms with Gasteiger partial charge in [-0.2, -0.15) is 9.61 Å². The van der Waals surface area contributed by atoms with Crippen LogP contribution in [0.1, 0.15) is 48.5 Å². The maximum atomic E-state index is 13.7. The molecule has 0 bridgehead atoms. The lowest BCUT2D eigenvalue weighted by Crippen LogP contribution is -2.56. The third-order valence-electron chi connectivity index (χ3n) is 7.42. The predicted molar refractivity (Wildman–Crippen MR) is 126 cm³/mol. The molecule has 3 aromatic rings.